The maximum absolute atomic E-state index is 12.7. The van der Waals surface area contributed by atoms with Crippen LogP contribution in [0.2, 0.25) is 0 Å². The molecule has 2 saturated carbocycles. The van der Waals surface area contributed by atoms with Gasteiger partial charge in [-0.2, -0.15) is 0 Å². The normalized spacial score (nSPS) is 26.1. The van der Waals surface area contributed by atoms with Gasteiger partial charge in [-0.3, -0.25) is 0 Å². The fourth-order valence-electron chi connectivity index (χ4n) is 3.24. The maximum atomic E-state index is 12.7. The van der Waals surface area contributed by atoms with Crippen molar-refractivity contribution >= 4 is 6.03 Å². The molecule has 4 nitrogen and oxygen atoms in total. The predicted molar refractivity (Wildman–Crippen MR) is 69.5 cm³/mol. The molecular formula is C14H24N2O2. The standard InChI is InChI=1S/C14H24N2O2/c17-14(15-8-10-18-11-9-15)16(13-6-7-13)12-4-2-1-3-5-12/h12-13H,1-11H2. The van der Waals surface area contributed by atoms with Crippen LogP contribution in [0.25, 0.3) is 0 Å². The van der Waals surface area contributed by atoms with Crippen LogP contribution in [0.4, 0.5) is 4.79 Å². The molecule has 0 radical (unpaired) electrons. The molecule has 0 atom stereocenters. The smallest absolute Gasteiger partial charge is 0.320 e. The first kappa shape index (κ1) is 12.3. The zero-order valence-corrected chi connectivity index (χ0v) is 11.1. The van der Waals surface area contributed by atoms with E-state index in [1.54, 1.807) is 0 Å². The number of carbonyl (C=O) groups is 1. The molecule has 0 aromatic rings. The van der Waals surface area contributed by atoms with Crippen LogP contribution in [-0.2, 0) is 4.74 Å². The Kier molecular flexibility index (Phi) is 3.73. The largest absolute Gasteiger partial charge is 0.378 e. The summed E-state index contributed by atoms with van der Waals surface area (Å²) in [5.74, 6) is 0. The van der Waals surface area contributed by atoms with Crippen molar-refractivity contribution in [3.8, 4) is 0 Å². The summed E-state index contributed by atoms with van der Waals surface area (Å²) in [7, 11) is 0. The molecular weight excluding hydrogens is 228 g/mol. The second kappa shape index (κ2) is 5.47. The van der Waals surface area contributed by atoms with Gasteiger partial charge in [0.15, 0.2) is 0 Å². The number of nitrogens with zero attached hydrogens (tertiary/aromatic N) is 2. The minimum Gasteiger partial charge on any atom is -0.378 e. The molecule has 0 spiro atoms. The van der Waals surface area contributed by atoms with Crippen LogP contribution < -0.4 is 0 Å². The SMILES string of the molecule is O=C(N1CCOCC1)N(C1CCCCC1)C1CC1. The van der Waals surface area contributed by atoms with Gasteiger partial charge in [-0.15, -0.1) is 0 Å². The predicted octanol–water partition coefficient (Wildman–Crippen LogP) is 2.24. The molecule has 0 bridgehead atoms. The zero-order valence-electron chi connectivity index (χ0n) is 11.1. The Bertz CT molecular complexity index is 292. The van der Waals surface area contributed by atoms with Crippen LogP contribution in [0.15, 0.2) is 0 Å². The lowest BCUT2D eigenvalue weighted by Gasteiger charge is -2.39. The third kappa shape index (κ3) is 2.63. The van der Waals surface area contributed by atoms with Gasteiger partial charge in [-0.25, -0.2) is 4.79 Å². The average molecular weight is 252 g/mol. The van der Waals surface area contributed by atoms with Crippen LogP contribution in [0.5, 0.6) is 0 Å². The number of rotatable bonds is 2. The van der Waals surface area contributed by atoms with Crippen molar-refractivity contribution < 1.29 is 9.53 Å². The highest BCUT2D eigenvalue weighted by Gasteiger charge is 2.39. The van der Waals surface area contributed by atoms with Crippen LogP contribution in [-0.4, -0.2) is 54.2 Å². The third-order valence-corrected chi connectivity index (χ3v) is 4.41. The van der Waals surface area contributed by atoms with E-state index in [1.165, 1.54) is 44.9 Å². The topological polar surface area (TPSA) is 32.8 Å². The fraction of sp³-hybridized carbons (Fsp3) is 0.929. The van der Waals surface area contributed by atoms with E-state index in [-0.39, 0.29) is 6.03 Å². The number of hydrogen-bond donors (Lipinski definition) is 0. The molecule has 0 aromatic heterocycles. The van der Waals surface area contributed by atoms with Gasteiger partial charge in [-0.05, 0) is 25.7 Å². The molecule has 3 aliphatic rings. The lowest BCUT2D eigenvalue weighted by molar-refractivity contribution is 0.0356. The lowest BCUT2D eigenvalue weighted by atomic mass is 9.94. The first-order valence-corrected chi connectivity index (χ1v) is 7.51. The van der Waals surface area contributed by atoms with Crippen LogP contribution in [0, 0.1) is 0 Å². The monoisotopic (exact) mass is 252 g/mol. The van der Waals surface area contributed by atoms with Crippen molar-refractivity contribution in [1.82, 2.24) is 9.80 Å². The van der Waals surface area contributed by atoms with Crippen LogP contribution in [0.1, 0.15) is 44.9 Å². The number of urea groups is 1. The lowest BCUT2D eigenvalue weighted by Crippen LogP contribution is -2.52. The molecule has 2 aliphatic carbocycles. The van der Waals surface area contributed by atoms with Crippen molar-refractivity contribution in [3.05, 3.63) is 0 Å². The summed E-state index contributed by atoms with van der Waals surface area (Å²) >= 11 is 0. The second-order valence-corrected chi connectivity index (χ2v) is 5.81. The molecule has 102 valence electrons. The van der Waals surface area contributed by atoms with Gasteiger partial charge in [0.25, 0.3) is 0 Å². The summed E-state index contributed by atoms with van der Waals surface area (Å²) in [4.78, 5) is 16.9. The molecule has 0 unspecified atom stereocenters. The van der Waals surface area contributed by atoms with Crippen molar-refractivity contribution in [2.45, 2.75) is 57.0 Å². The van der Waals surface area contributed by atoms with E-state index < -0.39 is 0 Å². The van der Waals surface area contributed by atoms with E-state index in [1.807, 2.05) is 4.90 Å². The van der Waals surface area contributed by atoms with E-state index in [9.17, 15) is 4.79 Å². The number of ether oxygens (including phenoxy) is 1. The summed E-state index contributed by atoms with van der Waals surface area (Å²) in [5.41, 5.74) is 0. The molecule has 1 aliphatic heterocycles. The molecule has 3 rings (SSSR count). The molecule has 2 amide bonds. The minimum absolute atomic E-state index is 0.285. The quantitative estimate of drug-likeness (QED) is 0.755. The maximum Gasteiger partial charge on any atom is 0.320 e. The average Bonchev–Trinajstić information content (AvgIpc) is 3.26. The van der Waals surface area contributed by atoms with E-state index in [2.05, 4.69) is 4.90 Å². The molecule has 1 heterocycles. The van der Waals surface area contributed by atoms with E-state index >= 15 is 0 Å². The van der Waals surface area contributed by atoms with Crippen LogP contribution >= 0.6 is 0 Å². The Hall–Kier alpha value is -0.770. The molecule has 3 fully saturated rings. The number of morpholine rings is 1. The van der Waals surface area contributed by atoms with E-state index in [4.69, 9.17) is 4.74 Å². The van der Waals surface area contributed by atoms with Gasteiger partial charge < -0.3 is 14.5 Å². The summed E-state index contributed by atoms with van der Waals surface area (Å²) in [6.07, 6.45) is 8.80. The molecule has 1 saturated heterocycles. The number of amides is 2. The Labute approximate surface area is 109 Å². The van der Waals surface area contributed by atoms with Gasteiger partial charge in [0, 0.05) is 25.2 Å². The van der Waals surface area contributed by atoms with Gasteiger partial charge in [0.1, 0.15) is 0 Å². The summed E-state index contributed by atoms with van der Waals surface area (Å²) in [5, 5.41) is 0. The van der Waals surface area contributed by atoms with Crippen molar-refractivity contribution in [1.29, 1.82) is 0 Å². The first-order valence-electron chi connectivity index (χ1n) is 7.51. The van der Waals surface area contributed by atoms with E-state index in [0.29, 0.717) is 25.3 Å². The molecule has 4 heteroatoms. The Morgan fingerprint density at radius 2 is 1.56 bits per heavy atom. The highest BCUT2D eigenvalue weighted by Crippen LogP contribution is 2.34. The van der Waals surface area contributed by atoms with Gasteiger partial charge in [0.05, 0.1) is 13.2 Å². The Balaban J connectivity index is 1.66. The zero-order chi connectivity index (χ0) is 12.4. The van der Waals surface area contributed by atoms with Gasteiger partial charge in [-0.1, -0.05) is 19.3 Å². The van der Waals surface area contributed by atoms with Crippen molar-refractivity contribution in [2.75, 3.05) is 26.3 Å². The minimum atomic E-state index is 0.285. The van der Waals surface area contributed by atoms with Crippen molar-refractivity contribution in [3.63, 3.8) is 0 Å². The van der Waals surface area contributed by atoms with E-state index in [0.717, 1.165) is 13.1 Å². The van der Waals surface area contributed by atoms with Crippen molar-refractivity contribution in [2.24, 2.45) is 0 Å². The van der Waals surface area contributed by atoms with Gasteiger partial charge >= 0.3 is 6.03 Å². The molecule has 0 N–H and O–H groups in total. The molecule has 0 aromatic carbocycles. The highest BCUT2D eigenvalue weighted by molar-refractivity contribution is 5.75. The number of carbonyl (C=O) groups excluding carboxylic acids is 1. The van der Waals surface area contributed by atoms with Crippen LogP contribution in [0.3, 0.4) is 0 Å². The fourth-order valence-corrected chi connectivity index (χ4v) is 3.24. The first-order chi connectivity index (χ1) is 8.86. The Morgan fingerprint density at radius 3 is 2.17 bits per heavy atom. The summed E-state index contributed by atoms with van der Waals surface area (Å²) in [6, 6.07) is 1.35. The summed E-state index contributed by atoms with van der Waals surface area (Å²) in [6.45, 7) is 2.95. The third-order valence-electron chi connectivity index (χ3n) is 4.41. The molecule has 18 heavy (non-hydrogen) atoms. The van der Waals surface area contributed by atoms with Gasteiger partial charge in [0.2, 0.25) is 0 Å². The number of hydrogen-bond acceptors (Lipinski definition) is 2. The summed E-state index contributed by atoms with van der Waals surface area (Å²) < 4.78 is 5.34. The highest BCUT2D eigenvalue weighted by atomic mass is 16.5. The second-order valence-electron chi connectivity index (χ2n) is 5.81. The Morgan fingerprint density at radius 1 is 0.944 bits per heavy atom.